The van der Waals surface area contributed by atoms with Gasteiger partial charge < -0.3 is 5.32 Å². The first-order valence-corrected chi connectivity index (χ1v) is 9.23. The molecule has 0 fully saturated rings. The van der Waals surface area contributed by atoms with Crippen molar-refractivity contribution in [3.63, 3.8) is 0 Å². The molecule has 1 N–H and O–H groups in total. The minimum Gasteiger partial charge on any atom is -0.353 e. The van der Waals surface area contributed by atoms with Gasteiger partial charge in [0.05, 0.1) is 5.25 Å². The van der Waals surface area contributed by atoms with Gasteiger partial charge in [-0.25, -0.2) is 4.98 Å². The molecule has 118 valence electrons. The van der Waals surface area contributed by atoms with Gasteiger partial charge in [0.2, 0.25) is 5.91 Å². The Kier molecular flexibility index (Phi) is 6.46. The van der Waals surface area contributed by atoms with Crippen molar-refractivity contribution in [1.82, 2.24) is 10.3 Å². The van der Waals surface area contributed by atoms with E-state index in [2.05, 4.69) is 29.4 Å². The second-order valence-electron chi connectivity index (χ2n) is 5.45. The highest BCUT2D eigenvalue weighted by atomic mass is 32.2. The number of thioether (sulfide) groups is 1. The largest absolute Gasteiger partial charge is 0.353 e. The molecule has 0 saturated heterocycles. The quantitative estimate of drug-likeness (QED) is 0.776. The molecule has 2 atom stereocenters. The average Bonchev–Trinajstić information content (AvgIpc) is 2.91. The monoisotopic (exact) mass is 334 g/mol. The molecule has 1 aromatic heterocycles. The van der Waals surface area contributed by atoms with E-state index in [9.17, 15) is 4.79 Å². The third-order valence-electron chi connectivity index (χ3n) is 3.34. The summed E-state index contributed by atoms with van der Waals surface area (Å²) < 4.78 is 0.956. The molecule has 0 radical (unpaired) electrons. The molecule has 0 spiro atoms. The van der Waals surface area contributed by atoms with Crippen molar-refractivity contribution < 1.29 is 4.79 Å². The number of aryl methyl sites for hydroxylation is 2. The second kappa shape index (κ2) is 8.34. The second-order valence-corrected chi connectivity index (χ2v) is 7.89. The fourth-order valence-corrected chi connectivity index (χ4v) is 4.05. The number of carbonyl (C=O) groups is 1. The van der Waals surface area contributed by atoms with E-state index >= 15 is 0 Å². The van der Waals surface area contributed by atoms with Gasteiger partial charge in [-0.15, -0.1) is 11.3 Å². The maximum atomic E-state index is 12.2. The molecule has 0 aliphatic heterocycles. The number of aromatic nitrogens is 1. The molecule has 2 aromatic rings. The van der Waals surface area contributed by atoms with E-state index in [0.29, 0.717) is 0 Å². The third-order valence-corrected chi connectivity index (χ3v) is 5.53. The predicted octanol–water partition coefficient (Wildman–Crippen LogP) is 4.07. The number of benzene rings is 1. The highest BCUT2D eigenvalue weighted by Gasteiger charge is 2.17. The van der Waals surface area contributed by atoms with Crippen LogP contribution in [0.4, 0.5) is 0 Å². The SMILES string of the molecule is Cc1csc(S[C@H](C)C(=O)N[C@@H](C)CCc2ccccc2)n1. The molecule has 1 heterocycles. The summed E-state index contributed by atoms with van der Waals surface area (Å²) in [5, 5.41) is 4.98. The lowest BCUT2D eigenvalue weighted by Gasteiger charge is -2.16. The molecule has 0 saturated carbocycles. The lowest BCUT2D eigenvalue weighted by atomic mass is 10.1. The Morgan fingerprint density at radius 1 is 1.32 bits per heavy atom. The number of rotatable bonds is 7. The summed E-state index contributed by atoms with van der Waals surface area (Å²) in [6, 6.07) is 10.5. The molecule has 5 heteroatoms. The summed E-state index contributed by atoms with van der Waals surface area (Å²) in [4.78, 5) is 16.6. The van der Waals surface area contributed by atoms with E-state index in [1.54, 1.807) is 11.3 Å². The zero-order chi connectivity index (χ0) is 15.9. The first-order chi connectivity index (χ1) is 10.5. The van der Waals surface area contributed by atoms with Gasteiger partial charge in [-0.1, -0.05) is 42.1 Å². The van der Waals surface area contributed by atoms with Crippen molar-refractivity contribution in [3.8, 4) is 0 Å². The Hall–Kier alpha value is -1.33. The first-order valence-electron chi connectivity index (χ1n) is 7.47. The fraction of sp³-hybridized carbons (Fsp3) is 0.412. The van der Waals surface area contributed by atoms with E-state index in [4.69, 9.17) is 0 Å². The van der Waals surface area contributed by atoms with Crippen LogP contribution in [0.2, 0.25) is 0 Å². The van der Waals surface area contributed by atoms with Crippen LogP contribution in [0.15, 0.2) is 40.1 Å². The van der Waals surface area contributed by atoms with Gasteiger partial charge in [0.15, 0.2) is 4.34 Å². The number of hydrogen-bond acceptors (Lipinski definition) is 4. The number of amides is 1. The number of thiazole rings is 1. The van der Waals surface area contributed by atoms with Crippen LogP contribution in [0.3, 0.4) is 0 Å². The summed E-state index contributed by atoms with van der Waals surface area (Å²) in [5.74, 6) is 0.0819. The molecule has 2 rings (SSSR count). The van der Waals surface area contributed by atoms with Crippen molar-refractivity contribution in [1.29, 1.82) is 0 Å². The number of hydrogen-bond donors (Lipinski definition) is 1. The van der Waals surface area contributed by atoms with Crippen LogP contribution in [0, 0.1) is 6.92 Å². The van der Waals surface area contributed by atoms with Gasteiger partial charge in [-0.05, 0) is 39.2 Å². The van der Waals surface area contributed by atoms with E-state index in [1.807, 2.05) is 37.4 Å². The summed E-state index contributed by atoms with van der Waals surface area (Å²) in [7, 11) is 0. The van der Waals surface area contributed by atoms with Crippen LogP contribution in [0.5, 0.6) is 0 Å². The normalized spacial score (nSPS) is 13.6. The molecule has 3 nitrogen and oxygen atoms in total. The zero-order valence-electron chi connectivity index (χ0n) is 13.2. The van der Waals surface area contributed by atoms with Crippen LogP contribution in [-0.4, -0.2) is 22.2 Å². The van der Waals surface area contributed by atoms with E-state index in [-0.39, 0.29) is 17.2 Å². The maximum absolute atomic E-state index is 12.2. The zero-order valence-corrected chi connectivity index (χ0v) is 14.8. The minimum absolute atomic E-state index is 0.0819. The van der Waals surface area contributed by atoms with Crippen LogP contribution >= 0.6 is 23.1 Å². The van der Waals surface area contributed by atoms with Gasteiger partial charge >= 0.3 is 0 Å². The molecule has 22 heavy (non-hydrogen) atoms. The first kappa shape index (κ1) is 17.0. The van der Waals surface area contributed by atoms with Crippen molar-refractivity contribution in [2.45, 2.75) is 49.2 Å². The van der Waals surface area contributed by atoms with E-state index in [0.717, 1.165) is 22.9 Å². The molecule has 0 aliphatic carbocycles. The minimum atomic E-state index is -0.121. The molecule has 0 unspecified atom stereocenters. The van der Waals surface area contributed by atoms with Crippen molar-refractivity contribution in [2.75, 3.05) is 0 Å². The van der Waals surface area contributed by atoms with Gasteiger partial charge in [-0.3, -0.25) is 4.79 Å². The van der Waals surface area contributed by atoms with Gasteiger partial charge in [0.25, 0.3) is 0 Å². The summed E-state index contributed by atoms with van der Waals surface area (Å²) in [5.41, 5.74) is 2.32. The Balaban J connectivity index is 1.75. The summed E-state index contributed by atoms with van der Waals surface area (Å²) >= 11 is 3.12. The maximum Gasteiger partial charge on any atom is 0.233 e. The lowest BCUT2D eigenvalue weighted by Crippen LogP contribution is -2.37. The van der Waals surface area contributed by atoms with Crippen LogP contribution in [0.1, 0.15) is 31.5 Å². The van der Waals surface area contributed by atoms with Crippen LogP contribution in [-0.2, 0) is 11.2 Å². The third kappa shape index (κ3) is 5.46. The molecule has 0 aliphatic rings. The smallest absolute Gasteiger partial charge is 0.233 e. The summed E-state index contributed by atoms with van der Waals surface area (Å²) in [6.45, 7) is 5.96. The number of nitrogens with zero attached hydrogens (tertiary/aromatic N) is 1. The summed E-state index contributed by atoms with van der Waals surface area (Å²) in [6.07, 6.45) is 1.93. The highest BCUT2D eigenvalue weighted by molar-refractivity contribution is 8.02. The van der Waals surface area contributed by atoms with Gasteiger partial charge in [0.1, 0.15) is 0 Å². The number of carbonyl (C=O) groups excluding carboxylic acids is 1. The molecule has 1 amide bonds. The standard InChI is InChI=1S/C17H22N2OS2/c1-12(9-10-15-7-5-4-6-8-15)18-16(20)14(3)22-17-19-13(2)11-21-17/h4-8,11-12,14H,9-10H2,1-3H3,(H,18,20)/t12-,14+/m0/s1. The van der Waals surface area contributed by atoms with Crippen molar-refractivity contribution >= 4 is 29.0 Å². The lowest BCUT2D eigenvalue weighted by molar-refractivity contribution is -0.120. The topological polar surface area (TPSA) is 42.0 Å². The highest BCUT2D eigenvalue weighted by Crippen LogP contribution is 2.26. The van der Waals surface area contributed by atoms with E-state index < -0.39 is 0 Å². The predicted molar refractivity (Wildman–Crippen MR) is 94.5 cm³/mol. The van der Waals surface area contributed by atoms with Crippen molar-refractivity contribution in [2.24, 2.45) is 0 Å². The fourth-order valence-electron chi connectivity index (χ4n) is 2.05. The van der Waals surface area contributed by atoms with Crippen LogP contribution < -0.4 is 5.32 Å². The van der Waals surface area contributed by atoms with Crippen molar-refractivity contribution in [3.05, 3.63) is 47.0 Å². The average molecular weight is 335 g/mol. The Morgan fingerprint density at radius 2 is 2.05 bits per heavy atom. The number of nitrogens with one attached hydrogen (secondary N) is 1. The van der Waals surface area contributed by atoms with E-state index in [1.165, 1.54) is 17.3 Å². The Labute approximate surface area is 140 Å². The molecule has 0 bridgehead atoms. The van der Waals surface area contributed by atoms with Gasteiger partial charge in [-0.2, -0.15) is 0 Å². The Morgan fingerprint density at radius 3 is 2.68 bits per heavy atom. The molecule has 1 aromatic carbocycles. The van der Waals surface area contributed by atoms with Gasteiger partial charge in [0, 0.05) is 17.1 Å². The van der Waals surface area contributed by atoms with Crippen LogP contribution in [0.25, 0.3) is 0 Å². The molecular formula is C17H22N2OS2. The molecular weight excluding hydrogens is 312 g/mol. The Bertz CT molecular complexity index is 598.